The summed E-state index contributed by atoms with van der Waals surface area (Å²) in [6.45, 7) is 0. The van der Waals surface area contributed by atoms with E-state index in [1.54, 1.807) is 0 Å². The maximum Gasteiger partial charge on any atom is 0.434 e. The minimum Gasteiger partial charge on any atom is -0.240 e. The molecule has 0 amide bonds. The van der Waals surface area contributed by atoms with Gasteiger partial charge in [0.05, 0.1) is 4.47 Å². The van der Waals surface area contributed by atoms with Crippen molar-refractivity contribution in [2.24, 2.45) is 0 Å². The first kappa shape index (κ1) is 9.89. The molecule has 0 aromatic carbocycles. The molecule has 1 heterocycles. The third-order valence-corrected chi connectivity index (χ3v) is 2.55. The molecule has 2 nitrogen and oxygen atoms in total. The Hall–Kier alpha value is -0.650. The molecule has 0 spiro atoms. The smallest absolute Gasteiger partial charge is 0.240 e. The Bertz CT molecular complexity index is 360. The molecule has 1 saturated carbocycles. The SMILES string of the molecule is FC(F)(F)c1nc(C2CC2)ncc1Br. The Labute approximate surface area is 86.7 Å². The van der Waals surface area contributed by atoms with Gasteiger partial charge in [-0.2, -0.15) is 13.2 Å². The second kappa shape index (κ2) is 3.18. The Kier molecular flexibility index (Phi) is 2.25. The Morgan fingerprint density at radius 1 is 1.36 bits per heavy atom. The molecule has 1 aromatic rings. The quantitative estimate of drug-likeness (QED) is 0.781. The van der Waals surface area contributed by atoms with Gasteiger partial charge in [0.25, 0.3) is 0 Å². The first-order chi connectivity index (χ1) is 6.48. The molecule has 0 bridgehead atoms. The van der Waals surface area contributed by atoms with Crippen LogP contribution in [0.25, 0.3) is 0 Å². The highest BCUT2D eigenvalue weighted by atomic mass is 79.9. The summed E-state index contributed by atoms with van der Waals surface area (Å²) in [6, 6.07) is 0. The number of rotatable bonds is 1. The normalized spacial score (nSPS) is 17.1. The van der Waals surface area contributed by atoms with Gasteiger partial charge >= 0.3 is 6.18 Å². The van der Waals surface area contributed by atoms with E-state index in [9.17, 15) is 13.2 Å². The zero-order chi connectivity index (χ0) is 10.3. The van der Waals surface area contributed by atoms with Gasteiger partial charge in [0, 0.05) is 12.1 Å². The monoisotopic (exact) mass is 266 g/mol. The maximum atomic E-state index is 12.4. The predicted octanol–water partition coefficient (Wildman–Crippen LogP) is 3.14. The molecule has 0 unspecified atom stereocenters. The molecular formula is C8H6BrF3N2. The van der Waals surface area contributed by atoms with Crippen molar-refractivity contribution in [3.63, 3.8) is 0 Å². The molecule has 2 rings (SSSR count). The van der Waals surface area contributed by atoms with Crippen LogP contribution >= 0.6 is 15.9 Å². The molecule has 1 aliphatic carbocycles. The van der Waals surface area contributed by atoms with E-state index < -0.39 is 11.9 Å². The van der Waals surface area contributed by atoms with Crippen molar-refractivity contribution in [1.82, 2.24) is 9.97 Å². The number of hydrogen-bond donors (Lipinski definition) is 0. The molecule has 76 valence electrons. The molecule has 14 heavy (non-hydrogen) atoms. The van der Waals surface area contributed by atoms with E-state index in [0.29, 0.717) is 5.82 Å². The van der Waals surface area contributed by atoms with Crippen LogP contribution in [0.2, 0.25) is 0 Å². The van der Waals surface area contributed by atoms with Crippen LogP contribution in [0.1, 0.15) is 30.3 Å². The van der Waals surface area contributed by atoms with Crippen molar-refractivity contribution < 1.29 is 13.2 Å². The number of nitrogens with zero attached hydrogens (tertiary/aromatic N) is 2. The van der Waals surface area contributed by atoms with Gasteiger partial charge in [-0.05, 0) is 28.8 Å². The molecule has 0 radical (unpaired) electrons. The summed E-state index contributed by atoms with van der Waals surface area (Å²) in [4.78, 5) is 7.38. The molecule has 6 heteroatoms. The second-order valence-corrected chi connectivity index (χ2v) is 4.05. The molecule has 1 fully saturated rings. The Balaban J connectivity index is 2.41. The highest BCUT2D eigenvalue weighted by molar-refractivity contribution is 9.10. The van der Waals surface area contributed by atoms with E-state index in [2.05, 4.69) is 25.9 Å². The van der Waals surface area contributed by atoms with E-state index in [-0.39, 0.29) is 10.4 Å². The molecule has 0 saturated heterocycles. The number of hydrogen-bond acceptors (Lipinski definition) is 2. The fraction of sp³-hybridized carbons (Fsp3) is 0.500. The van der Waals surface area contributed by atoms with Crippen LogP contribution in [0.5, 0.6) is 0 Å². The number of halogens is 4. The largest absolute Gasteiger partial charge is 0.434 e. The fourth-order valence-corrected chi connectivity index (χ4v) is 1.53. The van der Waals surface area contributed by atoms with Crippen molar-refractivity contribution in [2.45, 2.75) is 24.9 Å². The average Bonchev–Trinajstić information content (AvgIpc) is 2.85. The second-order valence-electron chi connectivity index (χ2n) is 3.20. The van der Waals surface area contributed by atoms with E-state index in [4.69, 9.17) is 0 Å². The molecule has 0 N–H and O–H groups in total. The topological polar surface area (TPSA) is 25.8 Å². The van der Waals surface area contributed by atoms with Crippen molar-refractivity contribution >= 4 is 15.9 Å². The minimum atomic E-state index is -4.41. The summed E-state index contributed by atoms with van der Waals surface area (Å²) in [5, 5.41) is 0. The standard InChI is InChI=1S/C8H6BrF3N2/c9-5-3-13-7(4-1-2-4)14-6(5)8(10,11)12/h3-4H,1-2H2. The average molecular weight is 267 g/mol. The first-order valence-electron chi connectivity index (χ1n) is 4.08. The van der Waals surface area contributed by atoms with Gasteiger partial charge in [-0.3, -0.25) is 0 Å². The summed E-state index contributed by atoms with van der Waals surface area (Å²) >= 11 is 2.79. The van der Waals surface area contributed by atoms with Crippen molar-refractivity contribution in [3.05, 3.63) is 22.2 Å². The number of aromatic nitrogens is 2. The van der Waals surface area contributed by atoms with Crippen LogP contribution in [0.4, 0.5) is 13.2 Å². The summed E-state index contributed by atoms with van der Waals surface area (Å²) < 4.78 is 37.1. The maximum absolute atomic E-state index is 12.4. The molecule has 1 aromatic heterocycles. The highest BCUT2D eigenvalue weighted by Gasteiger charge is 2.37. The van der Waals surface area contributed by atoms with Gasteiger partial charge in [0.2, 0.25) is 0 Å². The third kappa shape index (κ3) is 1.89. The molecule has 1 aliphatic rings. The van der Waals surface area contributed by atoms with E-state index in [0.717, 1.165) is 12.8 Å². The highest BCUT2D eigenvalue weighted by Crippen LogP contribution is 2.40. The lowest BCUT2D eigenvalue weighted by molar-refractivity contribution is -0.142. The zero-order valence-electron chi connectivity index (χ0n) is 6.98. The van der Waals surface area contributed by atoms with Crippen molar-refractivity contribution in [3.8, 4) is 0 Å². The third-order valence-electron chi connectivity index (χ3n) is 1.97. The van der Waals surface area contributed by atoms with Gasteiger partial charge < -0.3 is 0 Å². The van der Waals surface area contributed by atoms with Crippen LogP contribution in [0.15, 0.2) is 10.7 Å². The Morgan fingerprint density at radius 3 is 2.50 bits per heavy atom. The zero-order valence-corrected chi connectivity index (χ0v) is 8.56. The van der Waals surface area contributed by atoms with Gasteiger partial charge in [-0.15, -0.1) is 0 Å². The predicted molar refractivity (Wildman–Crippen MR) is 46.7 cm³/mol. The van der Waals surface area contributed by atoms with Gasteiger partial charge in [0.15, 0.2) is 5.69 Å². The molecule has 0 aliphatic heterocycles. The van der Waals surface area contributed by atoms with Crippen LogP contribution in [0.3, 0.4) is 0 Å². The van der Waals surface area contributed by atoms with E-state index >= 15 is 0 Å². The lowest BCUT2D eigenvalue weighted by atomic mass is 10.3. The summed E-state index contributed by atoms with van der Waals surface area (Å²) in [6.07, 6.45) is -1.47. The van der Waals surface area contributed by atoms with E-state index in [1.807, 2.05) is 0 Å². The van der Waals surface area contributed by atoms with Crippen LogP contribution in [-0.2, 0) is 6.18 Å². The number of alkyl halides is 3. The molecule has 0 atom stereocenters. The Morgan fingerprint density at radius 2 is 2.00 bits per heavy atom. The van der Waals surface area contributed by atoms with E-state index in [1.165, 1.54) is 6.20 Å². The first-order valence-corrected chi connectivity index (χ1v) is 4.87. The van der Waals surface area contributed by atoms with Crippen LogP contribution < -0.4 is 0 Å². The van der Waals surface area contributed by atoms with Crippen LogP contribution in [0, 0.1) is 0 Å². The summed E-state index contributed by atoms with van der Waals surface area (Å²) in [5.74, 6) is 0.435. The lowest BCUT2D eigenvalue weighted by Gasteiger charge is -2.08. The van der Waals surface area contributed by atoms with Crippen molar-refractivity contribution in [2.75, 3.05) is 0 Å². The summed E-state index contributed by atoms with van der Waals surface area (Å²) in [5.41, 5.74) is -0.880. The molecular weight excluding hydrogens is 261 g/mol. The van der Waals surface area contributed by atoms with Gasteiger partial charge in [-0.25, -0.2) is 9.97 Å². The lowest BCUT2D eigenvalue weighted by Crippen LogP contribution is -2.11. The van der Waals surface area contributed by atoms with Crippen molar-refractivity contribution in [1.29, 1.82) is 0 Å². The minimum absolute atomic E-state index is 0.102. The van der Waals surface area contributed by atoms with Gasteiger partial charge in [-0.1, -0.05) is 0 Å². The fourth-order valence-electron chi connectivity index (χ4n) is 1.12. The van der Waals surface area contributed by atoms with Gasteiger partial charge in [0.1, 0.15) is 5.82 Å². The van der Waals surface area contributed by atoms with Crippen LogP contribution in [-0.4, -0.2) is 9.97 Å². The summed E-state index contributed by atoms with van der Waals surface area (Å²) in [7, 11) is 0.